The van der Waals surface area contributed by atoms with E-state index < -0.39 is 11.7 Å². The fourth-order valence-corrected chi connectivity index (χ4v) is 3.57. The number of alkyl halides is 3. The molecule has 1 saturated heterocycles. The number of aromatic nitrogens is 3. The molecule has 0 atom stereocenters. The molecule has 3 aromatic rings. The Labute approximate surface area is 175 Å². The highest BCUT2D eigenvalue weighted by atomic mass is 19.4. The second kappa shape index (κ2) is 8.46. The maximum absolute atomic E-state index is 12.7. The number of amides is 1. The van der Waals surface area contributed by atoms with Crippen LogP contribution >= 0.6 is 0 Å². The van der Waals surface area contributed by atoms with Crippen molar-refractivity contribution in [2.75, 3.05) is 26.2 Å². The lowest BCUT2D eigenvalue weighted by atomic mass is 10.1. The zero-order chi connectivity index (χ0) is 22.0. The van der Waals surface area contributed by atoms with Crippen molar-refractivity contribution in [2.24, 2.45) is 0 Å². The zero-order valence-electron chi connectivity index (χ0n) is 16.5. The van der Waals surface area contributed by atoms with E-state index >= 15 is 0 Å². The van der Waals surface area contributed by atoms with Crippen molar-refractivity contribution >= 4 is 16.8 Å². The van der Waals surface area contributed by atoms with Crippen LogP contribution < -0.4 is 5.56 Å². The highest BCUT2D eigenvalue weighted by Gasteiger charge is 2.30. The van der Waals surface area contributed by atoms with Crippen molar-refractivity contribution in [2.45, 2.75) is 19.3 Å². The minimum absolute atomic E-state index is 0.185. The summed E-state index contributed by atoms with van der Waals surface area (Å²) >= 11 is 0. The summed E-state index contributed by atoms with van der Waals surface area (Å²) in [6, 6.07) is 11.9. The van der Waals surface area contributed by atoms with E-state index in [0.717, 1.165) is 22.4 Å². The molecule has 4 rings (SSSR count). The predicted molar refractivity (Wildman–Crippen MR) is 107 cm³/mol. The van der Waals surface area contributed by atoms with Gasteiger partial charge in [0.1, 0.15) is 12.1 Å². The van der Waals surface area contributed by atoms with Gasteiger partial charge in [-0.25, -0.2) is 4.68 Å². The molecule has 0 bridgehead atoms. The number of fused-ring (bicyclic) bond motifs is 1. The molecule has 0 radical (unpaired) electrons. The van der Waals surface area contributed by atoms with Crippen LogP contribution in [0.15, 0.2) is 53.3 Å². The molecule has 2 aromatic carbocycles. The summed E-state index contributed by atoms with van der Waals surface area (Å²) in [6.45, 7) is 2.44. The molecule has 1 amide bonds. The third-order valence-corrected chi connectivity index (χ3v) is 5.33. The molecule has 0 spiro atoms. The van der Waals surface area contributed by atoms with Crippen molar-refractivity contribution in [1.82, 2.24) is 24.8 Å². The largest absolute Gasteiger partial charge is 0.416 e. The second-order valence-electron chi connectivity index (χ2n) is 7.42. The molecule has 0 aliphatic carbocycles. The maximum atomic E-state index is 12.7. The summed E-state index contributed by atoms with van der Waals surface area (Å²) in [5.41, 5.74) is 0.234. The lowest BCUT2D eigenvalue weighted by molar-refractivity contribution is -0.137. The van der Waals surface area contributed by atoms with Gasteiger partial charge in [0.05, 0.1) is 10.9 Å². The molecule has 1 fully saturated rings. The summed E-state index contributed by atoms with van der Waals surface area (Å²) in [7, 11) is 0. The number of carbonyl (C=O) groups excluding carboxylic acids is 1. The van der Waals surface area contributed by atoms with Crippen molar-refractivity contribution in [3.05, 3.63) is 70.0 Å². The molecule has 162 valence electrons. The summed E-state index contributed by atoms with van der Waals surface area (Å²) in [5, 5.41) is 8.25. The minimum Gasteiger partial charge on any atom is -0.339 e. The average Bonchev–Trinajstić information content (AvgIpc) is 2.76. The Morgan fingerprint density at radius 3 is 2.32 bits per heavy atom. The number of halogens is 3. The normalized spacial score (nSPS) is 15.4. The first-order chi connectivity index (χ1) is 14.8. The third kappa shape index (κ3) is 4.74. The molecule has 31 heavy (non-hydrogen) atoms. The molecule has 1 aromatic heterocycles. The van der Waals surface area contributed by atoms with Crippen LogP contribution in [-0.4, -0.2) is 56.9 Å². The Morgan fingerprint density at radius 1 is 0.968 bits per heavy atom. The van der Waals surface area contributed by atoms with E-state index in [2.05, 4.69) is 15.2 Å². The third-order valence-electron chi connectivity index (χ3n) is 5.33. The summed E-state index contributed by atoms with van der Waals surface area (Å²) in [4.78, 5) is 28.9. The van der Waals surface area contributed by atoms with Crippen LogP contribution in [-0.2, 0) is 24.1 Å². The zero-order valence-corrected chi connectivity index (χ0v) is 16.5. The summed E-state index contributed by atoms with van der Waals surface area (Å²) < 4.78 is 39.1. The number of rotatable bonds is 4. The molecular weight excluding hydrogens is 411 g/mol. The highest BCUT2D eigenvalue weighted by Crippen LogP contribution is 2.29. The van der Waals surface area contributed by atoms with Crippen LogP contribution in [0.2, 0.25) is 0 Å². The van der Waals surface area contributed by atoms with Gasteiger partial charge in [-0.1, -0.05) is 29.5 Å². The van der Waals surface area contributed by atoms with Gasteiger partial charge in [0, 0.05) is 32.7 Å². The van der Waals surface area contributed by atoms with E-state index in [1.165, 1.54) is 12.1 Å². The number of benzene rings is 2. The Bertz CT molecular complexity index is 1140. The van der Waals surface area contributed by atoms with Gasteiger partial charge in [-0.05, 0) is 29.8 Å². The van der Waals surface area contributed by atoms with Crippen LogP contribution in [0.25, 0.3) is 10.9 Å². The molecule has 0 N–H and O–H groups in total. The van der Waals surface area contributed by atoms with E-state index in [4.69, 9.17) is 0 Å². The van der Waals surface area contributed by atoms with E-state index in [0.29, 0.717) is 43.6 Å². The van der Waals surface area contributed by atoms with Crippen molar-refractivity contribution < 1.29 is 18.0 Å². The lowest BCUT2D eigenvalue weighted by Gasteiger charge is -2.34. The summed E-state index contributed by atoms with van der Waals surface area (Å²) in [5.74, 6) is -0.221. The smallest absolute Gasteiger partial charge is 0.339 e. The van der Waals surface area contributed by atoms with Gasteiger partial charge >= 0.3 is 6.18 Å². The van der Waals surface area contributed by atoms with Crippen LogP contribution in [0.5, 0.6) is 0 Å². The first-order valence-electron chi connectivity index (χ1n) is 9.80. The fourth-order valence-electron chi connectivity index (χ4n) is 3.57. The minimum atomic E-state index is -4.35. The SMILES string of the molecule is O=C(Cn1nnc2ccccc2c1=O)N1CCN(Cc2ccc(C(F)(F)F)cc2)CC1. The number of hydrogen-bond donors (Lipinski definition) is 0. The van der Waals surface area contributed by atoms with Crippen LogP contribution in [0.1, 0.15) is 11.1 Å². The Morgan fingerprint density at radius 2 is 1.65 bits per heavy atom. The van der Waals surface area contributed by atoms with Crippen LogP contribution in [0.4, 0.5) is 13.2 Å². The number of carbonyl (C=O) groups is 1. The fraction of sp³-hybridized carbons (Fsp3) is 0.333. The van der Waals surface area contributed by atoms with Gasteiger partial charge in [0.2, 0.25) is 5.91 Å². The van der Waals surface area contributed by atoms with E-state index in [1.807, 2.05) is 0 Å². The maximum Gasteiger partial charge on any atom is 0.416 e. The van der Waals surface area contributed by atoms with Crippen molar-refractivity contribution in [1.29, 1.82) is 0 Å². The summed E-state index contributed by atoms with van der Waals surface area (Å²) in [6.07, 6.45) is -4.35. The monoisotopic (exact) mass is 431 g/mol. The molecular formula is C21H20F3N5O2. The molecule has 1 aliphatic rings. The van der Waals surface area contributed by atoms with E-state index in [9.17, 15) is 22.8 Å². The molecule has 2 heterocycles. The van der Waals surface area contributed by atoms with Gasteiger partial charge in [0.25, 0.3) is 5.56 Å². The lowest BCUT2D eigenvalue weighted by Crippen LogP contribution is -2.49. The quantitative estimate of drug-likeness (QED) is 0.633. The highest BCUT2D eigenvalue weighted by molar-refractivity contribution is 5.78. The van der Waals surface area contributed by atoms with E-state index in [1.54, 1.807) is 29.2 Å². The Balaban J connectivity index is 1.33. The molecule has 0 saturated carbocycles. The molecule has 1 aliphatic heterocycles. The van der Waals surface area contributed by atoms with Crippen molar-refractivity contribution in [3.8, 4) is 0 Å². The topological polar surface area (TPSA) is 71.3 Å². The van der Waals surface area contributed by atoms with Gasteiger partial charge in [0.15, 0.2) is 0 Å². The molecule has 7 nitrogen and oxygen atoms in total. The first kappa shape index (κ1) is 21.0. The van der Waals surface area contributed by atoms with Gasteiger partial charge in [-0.3, -0.25) is 14.5 Å². The van der Waals surface area contributed by atoms with Gasteiger partial charge in [-0.15, -0.1) is 5.10 Å². The standard InChI is InChI=1S/C21H20F3N5O2/c22-21(23,24)16-7-5-15(6-8-16)13-27-9-11-28(12-10-27)19(30)14-29-20(31)17-3-1-2-4-18(17)25-26-29/h1-8H,9-14H2. The Hall–Kier alpha value is -3.27. The number of nitrogens with zero attached hydrogens (tertiary/aromatic N) is 5. The van der Waals surface area contributed by atoms with Gasteiger partial charge in [-0.2, -0.15) is 13.2 Å². The second-order valence-corrected chi connectivity index (χ2v) is 7.42. The Kier molecular flexibility index (Phi) is 5.73. The van der Waals surface area contributed by atoms with Crippen LogP contribution in [0.3, 0.4) is 0 Å². The molecule has 10 heteroatoms. The number of hydrogen-bond acceptors (Lipinski definition) is 5. The van der Waals surface area contributed by atoms with E-state index in [-0.39, 0.29) is 18.0 Å². The average molecular weight is 431 g/mol. The van der Waals surface area contributed by atoms with Crippen LogP contribution in [0, 0.1) is 0 Å². The predicted octanol–water partition coefficient (Wildman–Crippen LogP) is 2.15. The van der Waals surface area contributed by atoms with Gasteiger partial charge < -0.3 is 4.90 Å². The van der Waals surface area contributed by atoms with Crippen molar-refractivity contribution in [3.63, 3.8) is 0 Å². The molecule has 0 unspecified atom stereocenters. The number of piperazine rings is 1. The first-order valence-corrected chi connectivity index (χ1v) is 9.80.